The Morgan fingerprint density at radius 2 is 2.17 bits per heavy atom. The molecule has 0 atom stereocenters. The van der Waals surface area contributed by atoms with Crippen LogP contribution in [0.4, 0.5) is 10.2 Å². The summed E-state index contributed by atoms with van der Waals surface area (Å²) in [5.74, 6) is -0.0451. The van der Waals surface area contributed by atoms with Crippen molar-refractivity contribution in [3.8, 4) is 5.75 Å². The molecular weight excluding hydrogens is 313 g/mol. The Balaban J connectivity index is 1.82. The van der Waals surface area contributed by atoms with Gasteiger partial charge in [-0.1, -0.05) is 0 Å². The molecule has 0 saturated carbocycles. The first kappa shape index (κ1) is 16.2. The number of hydrogen-bond acceptors (Lipinski definition) is 6. The fraction of sp³-hybridized carbons (Fsp3) is 0.353. The van der Waals surface area contributed by atoms with Crippen molar-refractivity contribution in [2.24, 2.45) is 0 Å². The summed E-state index contributed by atoms with van der Waals surface area (Å²) in [4.78, 5) is 21.8. The van der Waals surface area contributed by atoms with Crippen LogP contribution in [-0.4, -0.2) is 36.2 Å². The second-order valence-corrected chi connectivity index (χ2v) is 5.42. The van der Waals surface area contributed by atoms with Crippen molar-refractivity contribution in [2.45, 2.75) is 19.9 Å². The Bertz CT molecular complexity index is 767. The fourth-order valence-corrected chi connectivity index (χ4v) is 2.69. The summed E-state index contributed by atoms with van der Waals surface area (Å²) in [7, 11) is 1.49. The minimum Gasteiger partial charge on any atom is -0.496 e. The summed E-state index contributed by atoms with van der Waals surface area (Å²) in [6.07, 6.45) is 2.38. The summed E-state index contributed by atoms with van der Waals surface area (Å²) in [5, 5.41) is 0. The minimum atomic E-state index is -0.578. The first-order valence-corrected chi connectivity index (χ1v) is 7.72. The average Bonchev–Trinajstić information content (AvgIpc) is 2.60. The van der Waals surface area contributed by atoms with Crippen LogP contribution in [0.15, 0.2) is 24.4 Å². The number of ether oxygens (including phenoxy) is 2. The van der Waals surface area contributed by atoms with Crippen molar-refractivity contribution in [3.63, 3.8) is 0 Å². The van der Waals surface area contributed by atoms with E-state index in [0.29, 0.717) is 43.4 Å². The molecule has 0 N–H and O–H groups in total. The second-order valence-electron chi connectivity index (χ2n) is 5.42. The molecule has 0 radical (unpaired) electrons. The van der Waals surface area contributed by atoms with Crippen LogP contribution < -0.4 is 9.64 Å². The highest BCUT2D eigenvalue weighted by Gasteiger charge is 2.21. The molecule has 0 aliphatic carbocycles. The van der Waals surface area contributed by atoms with E-state index in [1.807, 2.05) is 4.90 Å². The second kappa shape index (κ2) is 6.82. The molecule has 126 valence electrons. The van der Waals surface area contributed by atoms with Gasteiger partial charge in [0, 0.05) is 31.4 Å². The first-order chi connectivity index (χ1) is 11.6. The van der Waals surface area contributed by atoms with Gasteiger partial charge in [0.25, 0.3) is 0 Å². The highest BCUT2D eigenvalue weighted by atomic mass is 19.1. The highest BCUT2D eigenvalue weighted by Crippen LogP contribution is 2.26. The zero-order valence-electron chi connectivity index (χ0n) is 13.6. The van der Waals surface area contributed by atoms with E-state index in [1.54, 1.807) is 25.3 Å². The van der Waals surface area contributed by atoms with Gasteiger partial charge in [0.1, 0.15) is 17.3 Å². The van der Waals surface area contributed by atoms with Crippen LogP contribution in [0, 0.1) is 5.95 Å². The number of pyridine rings is 2. The molecule has 2 aromatic rings. The van der Waals surface area contributed by atoms with E-state index < -0.39 is 11.9 Å². The molecule has 0 saturated heterocycles. The zero-order chi connectivity index (χ0) is 17.1. The molecule has 3 rings (SSSR count). The van der Waals surface area contributed by atoms with Crippen LogP contribution in [0.1, 0.15) is 28.5 Å². The average molecular weight is 331 g/mol. The topological polar surface area (TPSA) is 64.5 Å². The van der Waals surface area contributed by atoms with Crippen LogP contribution in [0.25, 0.3) is 0 Å². The number of rotatable bonds is 4. The van der Waals surface area contributed by atoms with E-state index in [-0.39, 0.29) is 0 Å². The normalized spacial score (nSPS) is 13.4. The maximum Gasteiger partial charge on any atom is 0.356 e. The van der Waals surface area contributed by atoms with Crippen molar-refractivity contribution in [2.75, 3.05) is 25.2 Å². The van der Waals surface area contributed by atoms with Crippen LogP contribution in [0.3, 0.4) is 0 Å². The number of carbonyl (C=O) groups is 1. The minimum absolute atomic E-state index is 0.314. The molecule has 3 heterocycles. The van der Waals surface area contributed by atoms with Crippen molar-refractivity contribution in [1.29, 1.82) is 0 Å². The third-order valence-electron chi connectivity index (χ3n) is 3.89. The van der Waals surface area contributed by atoms with Gasteiger partial charge in [0.15, 0.2) is 0 Å². The Morgan fingerprint density at radius 3 is 2.92 bits per heavy atom. The Morgan fingerprint density at radius 1 is 1.33 bits per heavy atom. The van der Waals surface area contributed by atoms with Gasteiger partial charge >= 0.3 is 5.97 Å². The van der Waals surface area contributed by atoms with Crippen molar-refractivity contribution in [1.82, 2.24) is 9.97 Å². The van der Waals surface area contributed by atoms with Gasteiger partial charge in [-0.25, -0.2) is 14.8 Å². The molecule has 6 nitrogen and oxygen atoms in total. The predicted molar refractivity (Wildman–Crippen MR) is 85.7 cm³/mol. The third-order valence-corrected chi connectivity index (χ3v) is 3.89. The van der Waals surface area contributed by atoms with Gasteiger partial charge in [-0.15, -0.1) is 0 Å². The van der Waals surface area contributed by atoms with Gasteiger partial charge in [0.2, 0.25) is 5.95 Å². The molecule has 0 spiro atoms. The third kappa shape index (κ3) is 3.29. The number of halogens is 1. The molecule has 0 aromatic carbocycles. The van der Waals surface area contributed by atoms with Gasteiger partial charge in [-0.2, -0.15) is 4.39 Å². The van der Waals surface area contributed by atoms with Gasteiger partial charge in [0.05, 0.1) is 13.7 Å². The van der Waals surface area contributed by atoms with E-state index in [1.165, 1.54) is 13.2 Å². The largest absolute Gasteiger partial charge is 0.496 e. The molecule has 0 amide bonds. The number of aromatic nitrogens is 2. The standard InChI is InChI=1S/C17H18FN3O3/c1-3-24-17(22)14-6-11-4-5-21(10-12(11)9-19-14)16-8-13(23-2)7-15(18)20-16/h6-9H,3-5,10H2,1-2H3. The van der Waals surface area contributed by atoms with Crippen LogP contribution in [0.5, 0.6) is 5.75 Å². The molecule has 24 heavy (non-hydrogen) atoms. The molecule has 1 aliphatic rings. The quantitative estimate of drug-likeness (QED) is 0.633. The van der Waals surface area contributed by atoms with Crippen LogP contribution in [-0.2, 0) is 17.7 Å². The summed E-state index contributed by atoms with van der Waals surface area (Å²) < 4.78 is 23.7. The molecular formula is C17H18FN3O3. The van der Waals surface area contributed by atoms with E-state index in [9.17, 15) is 9.18 Å². The Hall–Kier alpha value is -2.70. The number of hydrogen-bond donors (Lipinski definition) is 0. The lowest BCUT2D eigenvalue weighted by Gasteiger charge is -2.29. The van der Waals surface area contributed by atoms with Crippen LogP contribution in [0.2, 0.25) is 0 Å². The SMILES string of the molecule is CCOC(=O)c1cc2c(cn1)CN(c1cc(OC)cc(F)n1)CC2. The number of fused-ring (bicyclic) bond motifs is 1. The Labute approximate surface area is 139 Å². The van der Waals surface area contributed by atoms with Gasteiger partial charge in [-0.3, -0.25) is 0 Å². The Kier molecular flexibility index (Phi) is 4.59. The van der Waals surface area contributed by atoms with Crippen molar-refractivity contribution < 1.29 is 18.7 Å². The smallest absolute Gasteiger partial charge is 0.356 e. The van der Waals surface area contributed by atoms with E-state index in [2.05, 4.69) is 9.97 Å². The van der Waals surface area contributed by atoms with E-state index >= 15 is 0 Å². The lowest BCUT2D eigenvalue weighted by molar-refractivity contribution is 0.0519. The lowest BCUT2D eigenvalue weighted by atomic mass is 10.0. The number of nitrogens with zero attached hydrogens (tertiary/aromatic N) is 3. The molecule has 0 fully saturated rings. The fourth-order valence-electron chi connectivity index (χ4n) is 2.69. The number of methoxy groups -OCH3 is 1. The monoisotopic (exact) mass is 331 g/mol. The van der Waals surface area contributed by atoms with E-state index in [0.717, 1.165) is 11.1 Å². The summed E-state index contributed by atoms with van der Waals surface area (Å²) in [5.41, 5.74) is 2.35. The van der Waals surface area contributed by atoms with E-state index in [4.69, 9.17) is 9.47 Å². The summed E-state index contributed by atoms with van der Waals surface area (Å²) in [6.45, 7) is 3.29. The van der Waals surface area contributed by atoms with Gasteiger partial charge in [-0.05, 0) is 30.5 Å². The molecule has 7 heteroatoms. The summed E-state index contributed by atoms with van der Waals surface area (Å²) in [6, 6.07) is 4.72. The highest BCUT2D eigenvalue weighted by molar-refractivity contribution is 5.87. The maximum absolute atomic E-state index is 13.6. The number of carbonyl (C=O) groups excluding carboxylic acids is 1. The number of anilines is 1. The van der Waals surface area contributed by atoms with Crippen LogP contribution >= 0.6 is 0 Å². The molecule has 0 unspecified atom stereocenters. The lowest BCUT2D eigenvalue weighted by Crippen LogP contribution is -2.31. The number of esters is 1. The molecule has 0 bridgehead atoms. The zero-order valence-corrected chi connectivity index (χ0v) is 13.6. The van der Waals surface area contributed by atoms with Gasteiger partial charge < -0.3 is 14.4 Å². The first-order valence-electron chi connectivity index (χ1n) is 7.72. The molecule has 2 aromatic heterocycles. The molecule has 1 aliphatic heterocycles. The van der Waals surface area contributed by atoms with Crippen molar-refractivity contribution in [3.05, 3.63) is 47.2 Å². The summed E-state index contributed by atoms with van der Waals surface area (Å²) >= 11 is 0. The maximum atomic E-state index is 13.6. The predicted octanol–water partition coefficient (Wildman–Crippen LogP) is 2.36. The van der Waals surface area contributed by atoms with Crippen molar-refractivity contribution >= 4 is 11.8 Å².